The van der Waals surface area contributed by atoms with Crippen molar-refractivity contribution >= 4 is 23.2 Å². The first kappa shape index (κ1) is 12.2. The molecule has 2 N–H and O–H groups in total. The van der Waals surface area contributed by atoms with Crippen molar-refractivity contribution in [2.45, 2.75) is 26.2 Å². The maximum absolute atomic E-state index is 12.4. The zero-order chi connectivity index (χ0) is 13.6. The molecule has 4 nitrogen and oxygen atoms in total. The number of hydrogen-bond acceptors (Lipinski definition) is 3. The molecule has 2 fully saturated rings. The standard InChI is InChI=1S/C15H18N2O2/c1-2-9-7-12-13(8-9)15(19)17(14(12)18)11-5-3-10(16)4-6-11/h3-6,9,12-13H,2,7-8,16H2,1H3. The largest absolute Gasteiger partial charge is 0.399 e. The fourth-order valence-electron chi connectivity index (χ4n) is 3.34. The SMILES string of the molecule is CCC1CC2C(=O)N(c3ccc(N)cc3)C(=O)C2C1. The first-order valence-electron chi connectivity index (χ1n) is 6.85. The van der Waals surface area contributed by atoms with E-state index in [4.69, 9.17) is 5.73 Å². The summed E-state index contributed by atoms with van der Waals surface area (Å²) in [6, 6.07) is 6.92. The average molecular weight is 258 g/mol. The lowest BCUT2D eigenvalue weighted by molar-refractivity contribution is -0.123. The third-order valence-electron chi connectivity index (χ3n) is 4.46. The molecule has 1 saturated carbocycles. The highest BCUT2D eigenvalue weighted by Gasteiger charge is 2.52. The van der Waals surface area contributed by atoms with Crippen molar-refractivity contribution in [3.63, 3.8) is 0 Å². The van der Waals surface area contributed by atoms with Crippen molar-refractivity contribution in [2.24, 2.45) is 17.8 Å². The molecule has 0 aromatic heterocycles. The van der Waals surface area contributed by atoms with E-state index in [2.05, 4.69) is 6.92 Å². The van der Waals surface area contributed by atoms with Gasteiger partial charge < -0.3 is 5.73 Å². The van der Waals surface area contributed by atoms with E-state index in [9.17, 15) is 9.59 Å². The quantitative estimate of drug-likeness (QED) is 0.653. The summed E-state index contributed by atoms with van der Waals surface area (Å²) in [4.78, 5) is 26.2. The lowest BCUT2D eigenvalue weighted by Gasteiger charge is -2.17. The second kappa shape index (κ2) is 4.37. The lowest BCUT2D eigenvalue weighted by atomic mass is 10.00. The van der Waals surface area contributed by atoms with Crippen molar-refractivity contribution in [2.75, 3.05) is 10.6 Å². The molecule has 1 aliphatic heterocycles. The summed E-state index contributed by atoms with van der Waals surface area (Å²) in [6.07, 6.45) is 2.77. The van der Waals surface area contributed by atoms with Crippen LogP contribution in [0.15, 0.2) is 24.3 Å². The van der Waals surface area contributed by atoms with E-state index in [-0.39, 0.29) is 23.7 Å². The fourth-order valence-corrected chi connectivity index (χ4v) is 3.34. The highest BCUT2D eigenvalue weighted by atomic mass is 16.2. The van der Waals surface area contributed by atoms with Gasteiger partial charge in [-0.05, 0) is 43.0 Å². The van der Waals surface area contributed by atoms with Gasteiger partial charge in [0.2, 0.25) is 11.8 Å². The second-order valence-corrected chi connectivity index (χ2v) is 5.56. The minimum atomic E-state index is -0.102. The van der Waals surface area contributed by atoms with E-state index in [1.165, 1.54) is 4.90 Å². The molecule has 1 heterocycles. The van der Waals surface area contributed by atoms with Gasteiger partial charge in [0.1, 0.15) is 0 Å². The smallest absolute Gasteiger partial charge is 0.237 e. The third kappa shape index (κ3) is 1.82. The minimum absolute atomic E-state index is 0.0317. The molecule has 3 rings (SSSR count). The van der Waals surface area contributed by atoms with E-state index in [0.29, 0.717) is 17.3 Å². The maximum Gasteiger partial charge on any atom is 0.237 e. The van der Waals surface area contributed by atoms with Crippen LogP contribution in [0.4, 0.5) is 11.4 Å². The summed E-state index contributed by atoms with van der Waals surface area (Å²) in [5, 5.41) is 0. The molecule has 2 atom stereocenters. The van der Waals surface area contributed by atoms with Crippen LogP contribution in [0.3, 0.4) is 0 Å². The molecular formula is C15H18N2O2. The van der Waals surface area contributed by atoms with Gasteiger partial charge in [-0.2, -0.15) is 0 Å². The van der Waals surface area contributed by atoms with Crippen molar-refractivity contribution in [3.05, 3.63) is 24.3 Å². The molecule has 1 aliphatic carbocycles. The predicted octanol–water partition coefficient (Wildman–Crippen LogP) is 2.19. The van der Waals surface area contributed by atoms with Gasteiger partial charge in [-0.15, -0.1) is 0 Å². The Morgan fingerprint density at radius 1 is 1.11 bits per heavy atom. The molecule has 2 aliphatic rings. The number of nitrogens with two attached hydrogens (primary N) is 1. The Morgan fingerprint density at radius 2 is 1.63 bits per heavy atom. The molecule has 4 heteroatoms. The van der Waals surface area contributed by atoms with Crippen LogP contribution in [-0.2, 0) is 9.59 Å². The Labute approximate surface area is 112 Å². The fraction of sp³-hybridized carbons (Fsp3) is 0.467. The molecule has 1 saturated heterocycles. The highest BCUT2D eigenvalue weighted by molar-refractivity contribution is 6.22. The number of imide groups is 1. The normalized spacial score (nSPS) is 29.9. The number of rotatable bonds is 2. The van der Waals surface area contributed by atoms with Gasteiger partial charge in [-0.3, -0.25) is 14.5 Å². The second-order valence-electron chi connectivity index (χ2n) is 5.56. The van der Waals surface area contributed by atoms with Gasteiger partial charge in [-0.25, -0.2) is 0 Å². The summed E-state index contributed by atoms with van der Waals surface area (Å²) < 4.78 is 0. The predicted molar refractivity (Wildman–Crippen MR) is 73.3 cm³/mol. The molecule has 0 radical (unpaired) electrons. The van der Waals surface area contributed by atoms with Crippen LogP contribution in [0.2, 0.25) is 0 Å². The van der Waals surface area contributed by atoms with Crippen LogP contribution >= 0.6 is 0 Å². The van der Waals surface area contributed by atoms with Crippen molar-refractivity contribution in [3.8, 4) is 0 Å². The van der Waals surface area contributed by atoms with E-state index in [1.807, 2.05) is 0 Å². The van der Waals surface area contributed by atoms with Crippen LogP contribution in [0.1, 0.15) is 26.2 Å². The summed E-state index contributed by atoms with van der Waals surface area (Å²) in [6.45, 7) is 2.12. The third-order valence-corrected chi connectivity index (χ3v) is 4.46. The topological polar surface area (TPSA) is 63.4 Å². The van der Waals surface area contributed by atoms with E-state index >= 15 is 0 Å². The Morgan fingerprint density at radius 3 is 2.11 bits per heavy atom. The number of fused-ring (bicyclic) bond motifs is 1. The first-order valence-corrected chi connectivity index (χ1v) is 6.85. The van der Waals surface area contributed by atoms with Gasteiger partial charge in [0, 0.05) is 5.69 Å². The van der Waals surface area contributed by atoms with E-state index in [1.54, 1.807) is 24.3 Å². The average Bonchev–Trinajstić information content (AvgIpc) is 2.93. The van der Waals surface area contributed by atoms with Gasteiger partial charge in [-0.1, -0.05) is 13.3 Å². The van der Waals surface area contributed by atoms with Crippen LogP contribution in [0.25, 0.3) is 0 Å². The maximum atomic E-state index is 12.4. The molecule has 2 unspecified atom stereocenters. The monoisotopic (exact) mass is 258 g/mol. The van der Waals surface area contributed by atoms with Crippen molar-refractivity contribution in [1.29, 1.82) is 0 Å². The van der Waals surface area contributed by atoms with Gasteiger partial charge in [0.15, 0.2) is 0 Å². The number of nitrogen functional groups attached to an aromatic ring is 1. The van der Waals surface area contributed by atoms with Gasteiger partial charge in [0.25, 0.3) is 0 Å². The van der Waals surface area contributed by atoms with Crippen LogP contribution in [0.5, 0.6) is 0 Å². The lowest BCUT2D eigenvalue weighted by Crippen LogP contribution is -2.32. The minimum Gasteiger partial charge on any atom is -0.399 e. The molecule has 1 aromatic carbocycles. The number of hydrogen-bond donors (Lipinski definition) is 1. The Bertz CT molecular complexity index is 499. The zero-order valence-electron chi connectivity index (χ0n) is 11.0. The molecule has 1 aromatic rings. The summed E-state index contributed by atoms with van der Waals surface area (Å²) in [7, 11) is 0. The van der Waals surface area contributed by atoms with E-state index in [0.717, 1.165) is 19.3 Å². The number of benzene rings is 1. The number of amides is 2. The van der Waals surface area contributed by atoms with Crippen molar-refractivity contribution < 1.29 is 9.59 Å². The van der Waals surface area contributed by atoms with Crippen molar-refractivity contribution in [1.82, 2.24) is 0 Å². The van der Waals surface area contributed by atoms with Gasteiger partial charge >= 0.3 is 0 Å². The molecular weight excluding hydrogens is 240 g/mol. The highest BCUT2D eigenvalue weighted by Crippen LogP contribution is 2.45. The van der Waals surface area contributed by atoms with E-state index < -0.39 is 0 Å². The Hall–Kier alpha value is -1.84. The van der Waals surface area contributed by atoms with Crippen LogP contribution in [-0.4, -0.2) is 11.8 Å². The zero-order valence-corrected chi connectivity index (χ0v) is 11.0. The van der Waals surface area contributed by atoms with Crippen LogP contribution in [0, 0.1) is 17.8 Å². The number of nitrogens with zero attached hydrogens (tertiary/aromatic N) is 1. The summed E-state index contributed by atoms with van der Waals surface area (Å²) >= 11 is 0. The molecule has 0 bridgehead atoms. The first-order chi connectivity index (χ1) is 9.11. The number of carbonyl (C=O) groups excluding carboxylic acids is 2. The molecule has 100 valence electrons. The summed E-state index contributed by atoms with van der Waals surface area (Å²) in [5.41, 5.74) is 6.91. The number of carbonyl (C=O) groups is 2. The Balaban J connectivity index is 1.88. The number of anilines is 2. The summed E-state index contributed by atoms with van der Waals surface area (Å²) in [5.74, 6) is 0.257. The molecule has 0 spiro atoms. The van der Waals surface area contributed by atoms with Gasteiger partial charge in [0.05, 0.1) is 17.5 Å². The van der Waals surface area contributed by atoms with Crippen LogP contribution < -0.4 is 10.6 Å². The Kier molecular flexibility index (Phi) is 2.81. The molecule has 19 heavy (non-hydrogen) atoms. The molecule has 2 amide bonds.